The lowest BCUT2D eigenvalue weighted by Crippen LogP contribution is -2.32. The Hall–Kier alpha value is -2.89. The van der Waals surface area contributed by atoms with Crippen LogP contribution in [0, 0.1) is 10.1 Å². The monoisotopic (exact) mass is 354 g/mol. The molecule has 6 heteroatoms. The first-order valence-corrected chi connectivity index (χ1v) is 8.90. The maximum atomic E-state index is 12.5. The maximum absolute atomic E-state index is 12.5. The smallest absolute Gasteiger partial charge is 0.271 e. The number of fused-ring (bicyclic) bond motifs is 1. The first kappa shape index (κ1) is 17.9. The largest absolute Gasteiger partial charge is 0.481 e. The van der Waals surface area contributed by atoms with Crippen molar-refractivity contribution in [2.24, 2.45) is 0 Å². The molecule has 2 aromatic carbocycles. The second kappa shape index (κ2) is 7.99. The molecule has 3 rings (SSSR count). The van der Waals surface area contributed by atoms with E-state index >= 15 is 0 Å². The van der Waals surface area contributed by atoms with Gasteiger partial charge in [0.2, 0.25) is 0 Å². The normalized spacial score (nSPS) is 14.2. The average molecular weight is 354 g/mol. The van der Waals surface area contributed by atoms with Crippen molar-refractivity contribution in [3.05, 3.63) is 63.7 Å². The summed E-state index contributed by atoms with van der Waals surface area (Å²) in [6.07, 6.45) is 4.38. The van der Waals surface area contributed by atoms with Gasteiger partial charge in [-0.25, -0.2) is 0 Å². The van der Waals surface area contributed by atoms with E-state index in [-0.39, 0.29) is 11.6 Å². The Labute approximate surface area is 152 Å². The highest BCUT2D eigenvalue weighted by Gasteiger charge is 2.20. The Morgan fingerprint density at radius 1 is 1.19 bits per heavy atom. The number of ether oxygens (including phenoxy) is 1. The van der Waals surface area contributed by atoms with E-state index in [4.69, 9.17) is 4.74 Å². The summed E-state index contributed by atoms with van der Waals surface area (Å²) in [7, 11) is 0. The molecule has 0 fully saturated rings. The number of nitro benzene ring substituents is 1. The van der Waals surface area contributed by atoms with Crippen LogP contribution in [-0.2, 0) is 17.6 Å². The number of nitrogens with zero attached hydrogens (tertiary/aromatic N) is 1. The number of anilines is 1. The molecule has 1 amide bonds. The summed E-state index contributed by atoms with van der Waals surface area (Å²) < 4.78 is 5.90. The molecule has 0 saturated carbocycles. The van der Waals surface area contributed by atoms with Crippen LogP contribution in [0.1, 0.15) is 37.3 Å². The maximum Gasteiger partial charge on any atom is 0.271 e. The quantitative estimate of drug-likeness (QED) is 0.620. The van der Waals surface area contributed by atoms with Gasteiger partial charge in [0, 0.05) is 17.8 Å². The van der Waals surface area contributed by atoms with Crippen molar-refractivity contribution in [2.45, 2.75) is 45.1 Å². The van der Waals surface area contributed by atoms with Crippen LogP contribution in [0.3, 0.4) is 0 Å². The molecule has 0 aliphatic heterocycles. The fourth-order valence-corrected chi connectivity index (χ4v) is 3.19. The van der Waals surface area contributed by atoms with Crippen molar-refractivity contribution >= 4 is 17.3 Å². The molecule has 1 atom stereocenters. The van der Waals surface area contributed by atoms with Crippen LogP contribution in [0.5, 0.6) is 5.75 Å². The Morgan fingerprint density at radius 3 is 2.69 bits per heavy atom. The summed E-state index contributed by atoms with van der Waals surface area (Å²) in [6.45, 7) is 1.87. The van der Waals surface area contributed by atoms with E-state index in [0.717, 1.165) is 12.8 Å². The lowest BCUT2D eigenvalue weighted by Gasteiger charge is -2.20. The van der Waals surface area contributed by atoms with Gasteiger partial charge in [-0.3, -0.25) is 14.9 Å². The minimum atomic E-state index is -0.657. The number of rotatable bonds is 6. The summed E-state index contributed by atoms with van der Waals surface area (Å²) in [4.78, 5) is 22.9. The van der Waals surface area contributed by atoms with E-state index in [0.29, 0.717) is 17.9 Å². The molecule has 136 valence electrons. The van der Waals surface area contributed by atoms with Crippen LogP contribution in [0.25, 0.3) is 0 Å². The highest BCUT2D eigenvalue weighted by molar-refractivity contribution is 5.94. The third kappa shape index (κ3) is 4.20. The zero-order valence-corrected chi connectivity index (χ0v) is 14.7. The van der Waals surface area contributed by atoms with Crippen LogP contribution in [-0.4, -0.2) is 16.9 Å². The lowest BCUT2D eigenvalue weighted by molar-refractivity contribution is -0.384. The molecule has 0 aromatic heterocycles. The number of hydrogen-bond donors (Lipinski definition) is 1. The molecule has 1 aliphatic rings. The van der Waals surface area contributed by atoms with Crippen molar-refractivity contribution in [3.8, 4) is 5.75 Å². The number of amides is 1. The second-order valence-electron chi connectivity index (χ2n) is 6.45. The fourth-order valence-electron chi connectivity index (χ4n) is 3.19. The van der Waals surface area contributed by atoms with E-state index in [1.807, 2.05) is 19.1 Å². The second-order valence-corrected chi connectivity index (χ2v) is 6.45. The van der Waals surface area contributed by atoms with Gasteiger partial charge in [0.15, 0.2) is 6.10 Å². The van der Waals surface area contributed by atoms with Crippen molar-refractivity contribution in [2.75, 3.05) is 5.32 Å². The molecule has 0 saturated heterocycles. The molecule has 1 aliphatic carbocycles. The van der Waals surface area contributed by atoms with E-state index in [2.05, 4.69) is 11.4 Å². The minimum absolute atomic E-state index is 0.0635. The third-order valence-electron chi connectivity index (χ3n) is 4.59. The molecule has 0 radical (unpaired) electrons. The fraction of sp³-hybridized carbons (Fsp3) is 0.350. The van der Waals surface area contributed by atoms with Crippen molar-refractivity contribution in [1.82, 2.24) is 0 Å². The van der Waals surface area contributed by atoms with Crippen LogP contribution >= 0.6 is 0 Å². The van der Waals surface area contributed by atoms with Gasteiger partial charge < -0.3 is 10.1 Å². The van der Waals surface area contributed by atoms with Crippen molar-refractivity contribution < 1.29 is 14.5 Å². The Kier molecular flexibility index (Phi) is 5.51. The summed E-state index contributed by atoms with van der Waals surface area (Å²) in [5, 5.41) is 13.6. The highest BCUT2D eigenvalue weighted by Crippen LogP contribution is 2.26. The van der Waals surface area contributed by atoms with Gasteiger partial charge in [-0.05, 0) is 61.4 Å². The predicted molar refractivity (Wildman–Crippen MR) is 99.5 cm³/mol. The van der Waals surface area contributed by atoms with Gasteiger partial charge >= 0.3 is 0 Å². The first-order valence-electron chi connectivity index (χ1n) is 8.90. The van der Waals surface area contributed by atoms with Crippen LogP contribution < -0.4 is 10.1 Å². The van der Waals surface area contributed by atoms with E-state index in [1.165, 1.54) is 36.1 Å². The average Bonchev–Trinajstić information content (AvgIpc) is 2.66. The van der Waals surface area contributed by atoms with Crippen LogP contribution in [0.2, 0.25) is 0 Å². The predicted octanol–water partition coefficient (Wildman–Crippen LogP) is 4.27. The zero-order valence-electron chi connectivity index (χ0n) is 14.7. The Morgan fingerprint density at radius 2 is 1.96 bits per heavy atom. The van der Waals surface area contributed by atoms with Crippen molar-refractivity contribution in [1.29, 1.82) is 0 Å². The molecule has 0 bridgehead atoms. The van der Waals surface area contributed by atoms with E-state index < -0.39 is 11.0 Å². The van der Waals surface area contributed by atoms with Gasteiger partial charge in [0.25, 0.3) is 11.6 Å². The number of non-ortho nitro benzene ring substituents is 1. The molecule has 0 spiro atoms. The molecule has 0 unspecified atom stereocenters. The lowest BCUT2D eigenvalue weighted by atomic mass is 9.92. The summed E-state index contributed by atoms with van der Waals surface area (Å²) in [5.74, 6) is 0.373. The van der Waals surface area contributed by atoms with E-state index in [1.54, 1.807) is 12.1 Å². The molecule has 26 heavy (non-hydrogen) atoms. The summed E-state index contributed by atoms with van der Waals surface area (Å²) in [5.41, 5.74) is 2.98. The van der Waals surface area contributed by atoms with Gasteiger partial charge in [0.1, 0.15) is 5.75 Å². The molecule has 6 nitrogen and oxygen atoms in total. The van der Waals surface area contributed by atoms with Gasteiger partial charge in [0.05, 0.1) is 4.92 Å². The molecule has 0 heterocycles. The SMILES string of the molecule is CC[C@@H](Oc1ccc2c(c1)CCCC2)C(=O)Nc1cccc([N+](=O)[O-])c1. The number of benzene rings is 2. The summed E-state index contributed by atoms with van der Waals surface area (Å²) in [6, 6.07) is 11.9. The van der Waals surface area contributed by atoms with Crippen LogP contribution in [0.4, 0.5) is 11.4 Å². The minimum Gasteiger partial charge on any atom is -0.481 e. The molecule has 2 aromatic rings. The van der Waals surface area contributed by atoms with Gasteiger partial charge in [-0.1, -0.05) is 19.1 Å². The number of hydrogen-bond acceptors (Lipinski definition) is 4. The number of carbonyl (C=O) groups is 1. The molecular weight excluding hydrogens is 332 g/mol. The summed E-state index contributed by atoms with van der Waals surface area (Å²) >= 11 is 0. The number of carbonyl (C=O) groups excluding carboxylic acids is 1. The van der Waals surface area contributed by atoms with Crippen LogP contribution in [0.15, 0.2) is 42.5 Å². The highest BCUT2D eigenvalue weighted by atomic mass is 16.6. The van der Waals surface area contributed by atoms with E-state index in [9.17, 15) is 14.9 Å². The van der Waals surface area contributed by atoms with Gasteiger partial charge in [-0.15, -0.1) is 0 Å². The Bertz CT molecular complexity index is 819. The number of nitrogens with one attached hydrogen (secondary N) is 1. The molecular formula is C20H22N2O4. The topological polar surface area (TPSA) is 81.5 Å². The zero-order chi connectivity index (χ0) is 18.5. The third-order valence-corrected chi connectivity index (χ3v) is 4.59. The first-order chi connectivity index (χ1) is 12.6. The van der Waals surface area contributed by atoms with Crippen molar-refractivity contribution in [3.63, 3.8) is 0 Å². The molecule has 1 N–H and O–H groups in total. The number of nitro groups is 1. The van der Waals surface area contributed by atoms with Gasteiger partial charge in [-0.2, -0.15) is 0 Å². The Balaban J connectivity index is 1.69. The standard InChI is InChI=1S/C20H22N2O4/c1-2-19(20(23)21-16-8-5-9-17(13-16)22(24)25)26-18-11-10-14-6-3-4-7-15(14)12-18/h5,8-13,19H,2-4,6-7H2,1H3,(H,21,23)/t19-/m1/s1. The number of aryl methyl sites for hydroxylation is 2.